The van der Waals surface area contributed by atoms with Gasteiger partial charge in [0.1, 0.15) is 11.9 Å². The number of benzene rings is 2. The summed E-state index contributed by atoms with van der Waals surface area (Å²) in [7, 11) is -3.88. The average molecular weight is 399 g/mol. The smallest absolute Gasteiger partial charge is 0.264 e. The minimum absolute atomic E-state index is 0.0380. The minimum atomic E-state index is -3.88. The van der Waals surface area contributed by atoms with Crippen LogP contribution < -0.4 is 5.32 Å². The lowest BCUT2D eigenvalue weighted by Gasteiger charge is -2.32. The maximum atomic E-state index is 14.6. The van der Waals surface area contributed by atoms with Crippen LogP contribution in [0.1, 0.15) is 29.9 Å². The molecule has 1 aliphatic heterocycles. The Balaban J connectivity index is 2.16. The summed E-state index contributed by atoms with van der Waals surface area (Å²) in [6, 6.07) is 8.59. The zero-order valence-electron chi connectivity index (χ0n) is 14.7. The standard InChI is InChI=1S/C19H20F3NO3S/c1-27(24,25)26-19(16-6-3-11-23-16)17(12-7-9-13(20)10-8-12)14-4-2-5-15(21)18(14)22/h2,4-5,7-10,16-17,19,23H,3,6,11H2,1H3/t16-,17?,19?/m1/s1. The molecule has 3 atom stereocenters. The van der Waals surface area contributed by atoms with Crippen LogP contribution in [0.4, 0.5) is 13.2 Å². The van der Waals surface area contributed by atoms with Crippen LogP contribution in [0.15, 0.2) is 42.5 Å². The molecule has 8 heteroatoms. The van der Waals surface area contributed by atoms with Crippen molar-refractivity contribution in [3.63, 3.8) is 0 Å². The zero-order chi connectivity index (χ0) is 19.6. The topological polar surface area (TPSA) is 55.4 Å². The Labute approximate surface area is 156 Å². The number of nitrogens with one attached hydrogen (secondary N) is 1. The molecule has 0 saturated carbocycles. The van der Waals surface area contributed by atoms with Gasteiger partial charge < -0.3 is 5.32 Å². The molecule has 0 spiro atoms. The van der Waals surface area contributed by atoms with Crippen molar-refractivity contribution >= 4 is 10.1 Å². The quantitative estimate of drug-likeness (QED) is 0.757. The monoisotopic (exact) mass is 399 g/mol. The molecule has 2 aromatic rings. The lowest BCUT2D eigenvalue weighted by Crippen LogP contribution is -2.42. The van der Waals surface area contributed by atoms with E-state index in [0.29, 0.717) is 18.5 Å². The summed E-state index contributed by atoms with van der Waals surface area (Å²) >= 11 is 0. The van der Waals surface area contributed by atoms with Gasteiger partial charge in [0, 0.05) is 17.5 Å². The predicted octanol–water partition coefficient (Wildman–Crippen LogP) is 3.33. The normalized spacial score (nSPS) is 19.8. The highest BCUT2D eigenvalue weighted by Crippen LogP contribution is 2.36. The molecule has 1 fully saturated rings. The van der Waals surface area contributed by atoms with Crippen LogP contribution in [0.5, 0.6) is 0 Å². The SMILES string of the molecule is CS(=O)(=O)OC(C(c1ccc(F)cc1)c1cccc(F)c1F)[C@H]1CCCN1. The molecule has 0 aliphatic carbocycles. The fourth-order valence-corrected chi connectivity index (χ4v) is 4.17. The Hall–Kier alpha value is -1.90. The first-order valence-electron chi connectivity index (χ1n) is 8.57. The molecule has 1 heterocycles. The second-order valence-electron chi connectivity index (χ2n) is 6.64. The van der Waals surface area contributed by atoms with E-state index >= 15 is 0 Å². The van der Waals surface area contributed by atoms with Crippen LogP contribution in [-0.4, -0.2) is 33.4 Å². The van der Waals surface area contributed by atoms with E-state index in [9.17, 15) is 21.6 Å². The summed E-state index contributed by atoms with van der Waals surface area (Å²) in [5.41, 5.74) is 0.396. The van der Waals surface area contributed by atoms with E-state index in [4.69, 9.17) is 4.18 Å². The third-order valence-electron chi connectivity index (χ3n) is 4.66. The Morgan fingerprint density at radius 2 is 1.81 bits per heavy atom. The van der Waals surface area contributed by atoms with Crippen LogP contribution in [-0.2, 0) is 14.3 Å². The molecule has 4 nitrogen and oxygen atoms in total. The van der Waals surface area contributed by atoms with Crippen molar-refractivity contribution in [1.82, 2.24) is 5.32 Å². The van der Waals surface area contributed by atoms with Crippen LogP contribution in [0.25, 0.3) is 0 Å². The summed E-state index contributed by atoms with van der Waals surface area (Å²) in [4.78, 5) is 0. The summed E-state index contributed by atoms with van der Waals surface area (Å²) in [6.45, 7) is 0.663. The fraction of sp³-hybridized carbons (Fsp3) is 0.368. The van der Waals surface area contributed by atoms with Gasteiger partial charge in [-0.05, 0) is 43.1 Å². The van der Waals surface area contributed by atoms with Crippen molar-refractivity contribution in [1.29, 1.82) is 0 Å². The van der Waals surface area contributed by atoms with Gasteiger partial charge in [0.2, 0.25) is 0 Å². The lowest BCUT2D eigenvalue weighted by molar-refractivity contribution is 0.151. The number of rotatable bonds is 6. The largest absolute Gasteiger partial charge is 0.311 e. The van der Waals surface area contributed by atoms with Crippen molar-refractivity contribution in [3.05, 3.63) is 71.0 Å². The van der Waals surface area contributed by atoms with Crippen molar-refractivity contribution in [3.8, 4) is 0 Å². The highest BCUT2D eigenvalue weighted by atomic mass is 32.2. The highest BCUT2D eigenvalue weighted by molar-refractivity contribution is 7.86. The molecule has 27 heavy (non-hydrogen) atoms. The molecule has 0 bridgehead atoms. The molecule has 0 amide bonds. The van der Waals surface area contributed by atoms with Gasteiger partial charge in [-0.2, -0.15) is 8.42 Å². The van der Waals surface area contributed by atoms with Gasteiger partial charge in [0.25, 0.3) is 10.1 Å². The van der Waals surface area contributed by atoms with E-state index in [-0.39, 0.29) is 11.6 Å². The molecular weight excluding hydrogens is 379 g/mol. The molecular formula is C19H20F3NO3S. The highest BCUT2D eigenvalue weighted by Gasteiger charge is 2.38. The summed E-state index contributed by atoms with van der Waals surface area (Å²) in [5.74, 6) is -3.55. The zero-order valence-corrected chi connectivity index (χ0v) is 15.5. The van der Waals surface area contributed by atoms with Crippen LogP contribution in [0.2, 0.25) is 0 Å². The van der Waals surface area contributed by atoms with E-state index in [1.165, 1.54) is 36.4 Å². The van der Waals surface area contributed by atoms with Gasteiger partial charge in [-0.25, -0.2) is 13.2 Å². The average Bonchev–Trinajstić information content (AvgIpc) is 3.13. The van der Waals surface area contributed by atoms with Crippen LogP contribution >= 0.6 is 0 Å². The summed E-state index contributed by atoms with van der Waals surface area (Å²) in [5, 5.41) is 3.17. The second kappa shape index (κ2) is 8.00. The first kappa shape index (κ1) is 19.9. The van der Waals surface area contributed by atoms with Gasteiger partial charge in [-0.15, -0.1) is 0 Å². The van der Waals surface area contributed by atoms with Gasteiger partial charge >= 0.3 is 0 Å². The Kier molecular flexibility index (Phi) is 5.88. The summed E-state index contributed by atoms with van der Waals surface area (Å²) in [6.07, 6.45) is 1.33. The van der Waals surface area contributed by atoms with Gasteiger partial charge in [-0.1, -0.05) is 24.3 Å². The first-order valence-corrected chi connectivity index (χ1v) is 10.4. The molecule has 146 valence electrons. The second-order valence-corrected chi connectivity index (χ2v) is 8.24. The van der Waals surface area contributed by atoms with Gasteiger partial charge in [0.05, 0.1) is 6.26 Å². The van der Waals surface area contributed by atoms with E-state index in [1.807, 2.05) is 0 Å². The maximum absolute atomic E-state index is 14.6. The van der Waals surface area contributed by atoms with Crippen molar-refractivity contribution in [2.75, 3.05) is 12.8 Å². The molecule has 0 radical (unpaired) electrons. The van der Waals surface area contributed by atoms with E-state index in [2.05, 4.69) is 5.32 Å². The summed E-state index contributed by atoms with van der Waals surface area (Å²) < 4.78 is 71.0. The molecule has 2 aromatic carbocycles. The number of hydrogen-bond donors (Lipinski definition) is 1. The number of hydrogen-bond acceptors (Lipinski definition) is 4. The molecule has 3 rings (SSSR count). The van der Waals surface area contributed by atoms with Crippen molar-refractivity contribution in [2.24, 2.45) is 0 Å². The van der Waals surface area contributed by atoms with E-state index < -0.39 is 39.6 Å². The van der Waals surface area contributed by atoms with Gasteiger partial charge in [-0.3, -0.25) is 4.18 Å². The third-order valence-corrected chi connectivity index (χ3v) is 5.23. The molecule has 1 saturated heterocycles. The Bertz CT molecular complexity index is 897. The Morgan fingerprint density at radius 3 is 2.41 bits per heavy atom. The minimum Gasteiger partial charge on any atom is -0.311 e. The van der Waals surface area contributed by atoms with Crippen LogP contribution in [0.3, 0.4) is 0 Å². The van der Waals surface area contributed by atoms with Gasteiger partial charge in [0.15, 0.2) is 11.6 Å². The van der Waals surface area contributed by atoms with Crippen LogP contribution in [0, 0.1) is 17.5 Å². The molecule has 1 N–H and O–H groups in total. The first-order chi connectivity index (χ1) is 12.8. The molecule has 1 aliphatic rings. The maximum Gasteiger partial charge on any atom is 0.264 e. The third kappa shape index (κ3) is 4.69. The van der Waals surface area contributed by atoms with Crippen molar-refractivity contribution < 1.29 is 25.8 Å². The fourth-order valence-electron chi connectivity index (χ4n) is 3.53. The number of halogens is 3. The van der Waals surface area contributed by atoms with Crippen molar-refractivity contribution in [2.45, 2.75) is 30.9 Å². The lowest BCUT2D eigenvalue weighted by atomic mass is 9.82. The molecule has 0 aromatic heterocycles. The van der Waals surface area contributed by atoms with E-state index in [1.54, 1.807) is 0 Å². The molecule has 2 unspecified atom stereocenters. The predicted molar refractivity (Wildman–Crippen MR) is 95.3 cm³/mol. The van der Waals surface area contributed by atoms with E-state index in [0.717, 1.165) is 18.7 Å². The Morgan fingerprint density at radius 1 is 1.11 bits per heavy atom.